The highest BCUT2D eigenvalue weighted by Crippen LogP contribution is 2.48. The monoisotopic (exact) mass is 274 g/mol. The molecule has 1 heterocycles. The van der Waals surface area contributed by atoms with Crippen molar-refractivity contribution in [3.63, 3.8) is 0 Å². The predicted molar refractivity (Wildman–Crippen MR) is 67.4 cm³/mol. The summed E-state index contributed by atoms with van der Waals surface area (Å²) in [4.78, 5) is 0.762. The van der Waals surface area contributed by atoms with Crippen LogP contribution in [0.2, 0.25) is 0 Å². The lowest BCUT2D eigenvalue weighted by Gasteiger charge is -2.46. The van der Waals surface area contributed by atoms with Gasteiger partial charge in [-0.2, -0.15) is 0 Å². The highest BCUT2D eigenvalue weighted by Gasteiger charge is 2.40. The molecule has 1 aliphatic carbocycles. The van der Waals surface area contributed by atoms with Gasteiger partial charge in [-0.25, -0.2) is 0 Å². The third-order valence-corrected chi connectivity index (χ3v) is 5.28. The summed E-state index contributed by atoms with van der Waals surface area (Å²) in [6, 6.07) is 0. The molecule has 0 aromatic carbocycles. The molecule has 2 aliphatic rings. The normalized spacial score (nSPS) is 37.8. The largest absolute Gasteiger partial charge is 0.381 e. The van der Waals surface area contributed by atoms with Crippen molar-refractivity contribution in [2.24, 2.45) is 17.3 Å². The predicted octanol–water partition coefficient (Wildman–Crippen LogP) is 4.00. The molecule has 2 fully saturated rings. The molecule has 2 rings (SSSR count). The van der Waals surface area contributed by atoms with Gasteiger partial charge in [0.15, 0.2) is 0 Å². The van der Waals surface area contributed by atoms with Crippen molar-refractivity contribution in [3.05, 3.63) is 0 Å². The van der Waals surface area contributed by atoms with E-state index in [4.69, 9.17) is 4.74 Å². The average molecular weight is 275 g/mol. The zero-order valence-corrected chi connectivity index (χ0v) is 11.6. The van der Waals surface area contributed by atoms with Crippen molar-refractivity contribution in [2.75, 3.05) is 13.2 Å². The SMILES string of the molecule is CC1(C)CCC(Br)CC1C1CCOCC1. The van der Waals surface area contributed by atoms with Gasteiger partial charge in [0.05, 0.1) is 0 Å². The number of hydrogen-bond donors (Lipinski definition) is 0. The van der Waals surface area contributed by atoms with Crippen LogP contribution in [0.15, 0.2) is 0 Å². The summed E-state index contributed by atoms with van der Waals surface area (Å²) in [5, 5.41) is 0. The van der Waals surface area contributed by atoms with Gasteiger partial charge in [-0.3, -0.25) is 0 Å². The van der Waals surface area contributed by atoms with Gasteiger partial charge in [-0.15, -0.1) is 0 Å². The first-order valence-electron chi connectivity index (χ1n) is 6.31. The summed E-state index contributed by atoms with van der Waals surface area (Å²) in [6.07, 6.45) is 6.68. The second-order valence-corrected chi connectivity index (χ2v) is 7.21. The number of rotatable bonds is 1. The van der Waals surface area contributed by atoms with E-state index in [1.807, 2.05) is 0 Å². The van der Waals surface area contributed by atoms with Crippen molar-refractivity contribution >= 4 is 15.9 Å². The first-order chi connectivity index (χ1) is 7.09. The van der Waals surface area contributed by atoms with Crippen LogP contribution >= 0.6 is 15.9 Å². The van der Waals surface area contributed by atoms with Gasteiger partial charge in [0.2, 0.25) is 0 Å². The molecule has 1 saturated heterocycles. The summed E-state index contributed by atoms with van der Waals surface area (Å²) in [5.41, 5.74) is 0.548. The van der Waals surface area contributed by atoms with Gasteiger partial charge in [0, 0.05) is 18.0 Å². The van der Waals surface area contributed by atoms with Crippen LogP contribution in [0.4, 0.5) is 0 Å². The molecule has 1 nitrogen and oxygen atoms in total. The Kier molecular flexibility index (Phi) is 3.77. The third-order valence-electron chi connectivity index (χ3n) is 4.45. The lowest BCUT2D eigenvalue weighted by atomic mass is 9.62. The maximum atomic E-state index is 5.47. The Morgan fingerprint density at radius 1 is 1.13 bits per heavy atom. The quantitative estimate of drug-likeness (QED) is 0.657. The molecule has 2 unspecified atom stereocenters. The van der Waals surface area contributed by atoms with Crippen LogP contribution in [0.5, 0.6) is 0 Å². The maximum Gasteiger partial charge on any atom is 0.0468 e. The molecule has 0 amide bonds. The zero-order chi connectivity index (χ0) is 10.9. The molecule has 1 saturated carbocycles. The van der Waals surface area contributed by atoms with Crippen LogP contribution in [-0.4, -0.2) is 18.0 Å². The third kappa shape index (κ3) is 2.76. The summed E-state index contributed by atoms with van der Waals surface area (Å²) in [7, 11) is 0. The van der Waals surface area contributed by atoms with Crippen molar-refractivity contribution < 1.29 is 4.74 Å². The summed E-state index contributed by atoms with van der Waals surface area (Å²) < 4.78 is 5.47. The Morgan fingerprint density at radius 2 is 1.80 bits per heavy atom. The minimum absolute atomic E-state index is 0.548. The van der Waals surface area contributed by atoms with E-state index in [0.717, 1.165) is 29.9 Å². The Morgan fingerprint density at radius 3 is 2.47 bits per heavy atom. The van der Waals surface area contributed by atoms with Gasteiger partial charge in [0.1, 0.15) is 0 Å². The van der Waals surface area contributed by atoms with E-state index < -0.39 is 0 Å². The Hall–Kier alpha value is 0.440. The molecule has 0 N–H and O–H groups in total. The number of halogens is 1. The highest BCUT2D eigenvalue weighted by atomic mass is 79.9. The molecule has 2 heteroatoms. The lowest BCUT2D eigenvalue weighted by Crippen LogP contribution is -2.39. The van der Waals surface area contributed by atoms with Crippen LogP contribution in [0.1, 0.15) is 46.0 Å². The molecular weight excluding hydrogens is 252 g/mol. The number of ether oxygens (including phenoxy) is 1. The van der Waals surface area contributed by atoms with E-state index in [1.54, 1.807) is 0 Å². The van der Waals surface area contributed by atoms with Crippen LogP contribution in [0.25, 0.3) is 0 Å². The van der Waals surface area contributed by atoms with Gasteiger partial charge >= 0.3 is 0 Å². The smallest absolute Gasteiger partial charge is 0.0468 e. The van der Waals surface area contributed by atoms with Crippen molar-refractivity contribution in [1.29, 1.82) is 0 Å². The minimum atomic E-state index is 0.548. The van der Waals surface area contributed by atoms with Gasteiger partial charge in [0.25, 0.3) is 0 Å². The molecule has 0 bridgehead atoms. The second kappa shape index (κ2) is 4.75. The van der Waals surface area contributed by atoms with Crippen LogP contribution < -0.4 is 0 Å². The fraction of sp³-hybridized carbons (Fsp3) is 1.00. The van der Waals surface area contributed by atoms with Gasteiger partial charge < -0.3 is 4.74 Å². The summed E-state index contributed by atoms with van der Waals surface area (Å²) in [6.45, 7) is 6.91. The van der Waals surface area contributed by atoms with E-state index in [1.165, 1.54) is 32.1 Å². The van der Waals surface area contributed by atoms with Crippen LogP contribution in [0.3, 0.4) is 0 Å². The average Bonchev–Trinajstić information content (AvgIpc) is 2.23. The standard InChI is InChI=1S/C13H23BrO/c1-13(2)6-3-11(14)9-12(13)10-4-7-15-8-5-10/h10-12H,3-9H2,1-2H3. The topological polar surface area (TPSA) is 9.23 Å². The lowest BCUT2D eigenvalue weighted by molar-refractivity contribution is 0.000445. The molecule has 0 aromatic rings. The van der Waals surface area contributed by atoms with Gasteiger partial charge in [-0.05, 0) is 49.4 Å². The van der Waals surface area contributed by atoms with Crippen molar-refractivity contribution in [3.8, 4) is 0 Å². The molecule has 0 spiro atoms. The fourth-order valence-electron chi connectivity index (χ4n) is 3.38. The number of alkyl halides is 1. The highest BCUT2D eigenvalue weighted by molar-refractivity contribution is 9.09. The fourth-order valence-corrected chi connectivity index (χ4v) is 4.01. The minimum Gasteiger partial charge on any atom is -0.381 e. The molecule has 0 radical (unpaired) electrons. The first-order valence-corrected chi connectivity index (χ1v) is 7.23. The van der Waals surface area contributed by atoms with E-state index in [-0.39, 0.29) is 0 Å². The van der Waals surface area contributed by atoms with Crippen molar-refractivity contribution in [2.45, 2.75) is 50.8 Å². The summed E-state index contributed by atoms with van der Waals surface area (Å²) >= 11 is 3.82. The Labute approximate surface area is 102 Å². The first kappa shape index (κ1) is 11.9. The second-order valence-electron chi connectivity index (χ2n) is 5.92. The van der Waals surface area contributed by atoms with E-state index in [0.29, 0.717) is 5.41 Å². The Balaban J connectivity index is 2.02. The molecular formula is C13H23BrO. The van der Waals surface area contributed by atoms with E-state index >= 15 is 0 Å². The van der Waals surface area contributed by atoms with E-state index in [2.05, 4.69) is 29.8 Å². The maximum absolute atomic E-state index is 5.47. The number of hydrogen-bond acceptors (Lipinski definition) is 1. The van der Waals surface area contributed by atoms with Crippen LogP contribution in [0, 0.1) is 17.3 Å². The van der Waals surface area contributed by atoms with Crippen molar-refractivity contribution in [1.82, 2.24) is 0 Å². The molecule has 1 aliphatic heterocycles. The molecule has 2 atom stereocenters. The summed E-state index contributed by atoms with van der Waals surface area (Å²) in [5.74, 6) is 1.81. The van der Waals surface area contributed by atoms with Crippen LogP contribution in [-0.2, 0) is 4.74 Å². The Bertz CT molecular complexity index is 209. The zero-order valence-electron chi connectivity index (χ0n) is 9.97. The molecule has 88 valence electrons. The van der Waals surface area contributed by atoms with E-state index in [9.17, 15) is 0 Å². The van der Waals surface area contributed by atoms with Gasteiger partial charge in [-0.1, -0.05) is 29.8 Å². The molecule has 15 heavy (non-hydrogen) atoms. The molecule has 0 aromatic heterocycles.